The minimum atomic E-state index is 1.05. The fourth-order valence-electron chi connectivity index (χ4n) is 3.15. The van der Waals surface area contributed by atoms with Crippen LogP contribution in [0.2, 0.25) is 0 Å². The second kappa shape index (κ2) is 4.35. The Morgan fingerprint density at radius 2 is 1.50 bits per heavy atom. The Morgan fingerprint density at radius 1 is 0.800 bits per heavy atom. The first kappa shape index (κ1) is 11.5. The summed E-state index contributed by atoms with van der Waals surface area (Å²) < 4.78 is 0. The van der Waals surface area contributed by atoms with Crippen molar-refractivity contribution < 1.29 is 0 Å². The smallest absolute Gasteiger partial charge is 0.00136 e. The Labute approximate surface area is 119 Å². The summed E-state index contributed by atoms with van der Waals surface area (Å²) in [5.74, 6) is 0. The maximum atomic E-state index is 2.34. The van der Waals surface area contributed by atoms with Gasteiger partial charge in [-0.15, -0.1) is 0 Å². The van der Waals surface area contributed by atoms with Crippen LogP contribution in [0.3, 0.4) is 0 Å². The molecule has 0 atom stereocenters. The zero-order chi connectivity index (χ0) is 13.5. The fourth-order valence-corrected chi connectivity index (χ4v) is 3.15. The van der Waals surface area contributed by atoms with Gasteiger partial charge in [0.1, 0.15) is 0 Å². The van der Waals surface area contributed by atoms with Crippen molar-refractivity contribution in [3.63, 3.8) is 0 Å². The first-order valence-corrected chi connectivity index (χ1v) is 7.09. The third-order valence-corrected chi connectivity index (χ3v) is 4.20. The third-order valence-electron chi connectivity index (χ3n) is 4.20. The second-order valence-corrected chi connectivity index (χ2v) is 5.56. The predicted molar refractivity (Wildman–Crippen MR) is 86.7 cm³/mol. The average Bonchev–Trinajstić information content (AvgIpc) is 2.90. The van der Waals surface area contributed by atoms with E-state index >= 15 is 0 Å². The molecule has 4 rings (SSSR count). The average molecular weight is 256 g/mol. The van der Waals surface area contributed by atoms with Crippen LogP contribution in [0.1, 0.15) is 22.3 Å². The molecule has 0 aromatic heterocycles. The van der Waals surface area contributed by atoms with E-state index in [-0.39, 0.29) is 0 Å². The molecule has 3 aromatic rings. The highest BCUT2D eigenvalue weighted by Gasteiger charge is 2.15. The highest BCUT2D eigenvalue weighted by atomic mass is 14.2. The van der Waals surface area contributed by atoms with Crippen molar-refractivity contribution >= 4 is 22.4 Å². The van der Waals surface area contributed by atoms with Gasteiger partial charge in [-0.25, -0.2) is 0 Å². The summed E-state index contributed by atoms with van der Waals surface area (Å²) in [5.41, 5.74) is 7.00. The van der Waals surface area contributed by atoms with Gasteiger partial charge in [-0.1, -0.05) is 60.7 Å². The summed E-state index contributed by atoms with van der Waals surface area (Å²) in [6.45, 7) is 2.21. The van der Waals surface area contributed by atoms with Crippen molar-refractivity contribution in [1.82, 2.24) is 0 Å². The van der Waals surface area contributed by atoms with Gasteiger partial charge in [-0.05, 0) is 58.0 Å². The molecule has 96 valence electrons. The molecule has 0 unspecified atom stereocenters. The van der Waals surface area contributed by atoms with Crippen LogP contribution in [0.15, 0.2) is 60.7 Å². The molecule has 0 heterocycles. The molecule has 0 nitrogen and oxygen atoms in total. The first-order chi connectivity index (χ1) is 9.81. The van der Waals surface area contributed by atoms with Gasteiger partial charge in [0.25, 0.3) is 0 Å². The van der Waals surface area contributed by atoms with E-state index in [1.54, 1.807) is 0 Å². The lowest BCUT2D eigenvalue weighted by Gasteiger charge is -2.09. The van der Waals surface area contributed by atoms with E-state index in [1.807, 2.05) is 0 Å². The van der Waals surface area contributed by atoms with Crippen LogP contribution in [0, 0.1) is 6.92 Å². The van der Waals surface area contributed by atoms with Crippen LogP contribution >= 0.6 is 0 Å². The molecule has 0 heteroatoms. The number of fused-ring (bicyclic) bond motifs is 2. The van der Waals surface area contributed by atoms with Gasteiger partial charge in [0.2, 0.25) is 0 Å². The van der Waals surface area contributed by atoms with E-state index in [0.29, 0.717) is 0 Å². The zero-order valence-corrected chi connectivity index (χ0v) is 11.6. The lowest BCUT2D eigenvalue weighted by Crippen LogP contribution is -1.90. The minimum Gasteiger partial charge on any atom is -0.0619 e. The summed E-state index contributed by atoms with van der Waals surface area (Å²) >= 11 is 0. The highest BCUT2D eigenvalue weighted by molar-refractivity contribution is 5.94. The van der Waals surface area contributed by atoms with E-state index in [4.69, 9.17) is 0 Å². The number of aryl methyl sites for hydroxylation is 1. The Morgan fingerprint density at radius 3 is 2.30 bits per heavy atom. The van der Waals surface area contributed by atoms with Crippen LogP contribution in [-0.4, -0.2) is 0 Å². The largest absolute Gasteiger partial charge is 0.0619 e. The van der Waals surface area contributed by atoms with Crippen LogP contribution in [-0.2, 0) is 6.42 Å². The molecule has 1 aliphatic rings. The summed E-state index contributed by atoms with van der Waals surface area (Å²) in [6, 6.07) is 21.9. The summed E-state index contributed by atoms with van der Waals surface area (Å²) in [7, 11) is 0. The Kier molecular flexibility index (Phi) is 2.50. The van der Waals surface area contributed by atoms with Gasteiger partial charge in [0.15, 0.2) is 0 Å². The SMILES string of the molecule is Cc1cc2ccccc2cc1C1=Cc2ccccc2C1. The minimum absolute atomic E-state index is 1.05. The standard InChI is InChI=1S/C20H16/c1-14-10-15-6-2-5-9-18(15)13-20(14)19-11-16-7-3-4-8-17(16)12-19/h2-11,13H,12H2,1H3. The lowest BCUT2D eigenvalue weighted by molar-refractivity contribution is 1.30. The monoisotopic (exact) mass is 256 g/mol. The predicted octanol–water partition coefficient (Wildman–Crippen LogP) is 5.24. The molecule has 0 amide bonds. The van der Waals surface area contributed by atoms with Gasteiger partial charge < -0.3 is 0 Å². The van der Waals surface area contributed by atoms with Crippen molar-refractivity contribution in [2.24, 2.45) is 0 Å². The van der Waals surface area contributed by atoms with E-state index < -0.39 is 0 Å². The molecule has 20 heavy (non-hydrogen) atoms. The molecule has 3 aromatic carbocycles. The van der Waals surface area contributed by atoms with Crippen LogP contribution in [0.5, 0.6) is 0 Å². The maximum absolute atomic E-state index is 2.34. The molecule has 0 aliphatic heterocycles. The number of benzene rings is 3. The number of allylic oxidation sites excluding steroid dienone is 1. The molecule has 0 bridgehead atoms. The third kappa shape index (κ3) is 1.77. The lowest BCUT2D eigenvalue weighted by atomic mass is 9.95. The van der Waals surface area contributed by atoms with Crippen molar-refractivity contribution in [2.45, 2.75) is 13.3 Å². The van der Waals surface area contributed by atoms with Crippen molar-refractivity contribution in [1.29, 1.82) is 0 Å². The Hall–Kier alpha value is -2.34. The summed E-state index contributed by atoms with van der Waals surface area (Å²) in [6.07, 6.45) is 3.39. The van der Waals surface area contributed by atoms with Gasteiger partial charge in [-0.2, -0.15) is 0 Å². The van der Waals surface area contributed by atoms with E-state index in [2.05, 4.69) is 73.7 Å². The molecule has 0 radical (unpaired) electrons. The number of hydrogen-bond acceptors (Lipinski definition) is 0. The summed E-state index contributed by atoms with van der Waals surface area (Å²) in [4.78, 5) is 0. The molecule has 0 saturated heterocycles. The van der Waals surface area contributed by atoms with Gasteiger partial charge in [0, 0.05) is 0 Å². The van der Waals surface area contributed by atoms with E-state index in [0.717, 1.165) is 6.42 Å². The van der Waals surface area contributed by atoms with E-state index in [1.165, 1.54) is 38.6 Å². The van der Waals surface area contributed by atoms with Crippen molar-refractivity contribution in [3.8, 4) is 0 Å². The summed E-state index contributed by atoms with van der Waals surface area (Å²) in [5, 5.41) is 2.65. The second-order valence-electron chi connectivity index (χ2n) is 5.56. The maximum Gasteiger partial charge on any atom is -0.00136 e. The fraction of sp³-hybridized carbons (Fsp3) is 0.100. The number of hydrogen-bond donors (Lipinski definition) is 0. The molecule has 0 fully saturated rings. The Bertz CT molecular complexity index is 838. The quantitative estimate of drug-likeness (QED) is 0.558. The molecule has 0 N–H and O–H groups in total. The molecule has 0 saturated carbocycles. The topological polar surface area (TPSA) is 0 Å². The van der Waals surface area contributed by atoms with Gasteiger partial charge in [-0.3, -0.25) is 0 Å². The van der Waals surface area contributed by atoms with Crippen molar-refractivity contribution in [3.05, 3.63) is 82.9 Å². The molecular formula is C20H16. The highest BCUT2D eigenvalue weighted by Crippen LogP contribution is 2.34. The Balaban J connectivity index is 1.86. The first-order valence-electron chi connectivity index (χ1n) is 7.09. The molecule has 0 spiro atoms. The molecule has 1 aliphatic carbocycles. The van der Waals surface area contributed by atoms with Gasteiger partial charge >= 0.3 is 0 Å². The van der Waals surface area contributed by atoms with Crippen molar-refractivity contribution in [2.75, 3.05) is 0 Å². The normalized spacial score (nSPS) is 13.3. The number of rotatable bonds is 1. The van der Waals surface area contributed by atoms with Crippen LogP contribution < -0.4 is 0 Å². The van der Waals surface area contributed by atoms with E-state index in [9.17, 15) is 0 Å². The molecular weight excluding hydrogens is 240 g/mol. The van der Waals surface area contributed by atoms with Crippen LogP contribution in [0.25, 0.3) is 22.4 Å². The zero-order valence-electron chi connectivity index (χ0n) is 11.6. The van der Waals surface area contributed by atoms with Gasteiger partial charge in [0.05, 0.1) is 0 Å². The van der Waals surface area contributed by atoms with Crippen LogP contribution in [0.4, 0.5) is 0 Å².